The van der Waals surface area contributed by atoms with Crippen LogP contribution in [0, 0.1) is 0 Å². The summed E-state index contributed by atoms with van der Waals surface area (Å²) in [5, 5.41) is 13.5. The minimum atomic E-state index is -1.05. The molecule has 100 valence electrons. The summed E-state index contributed by atoms with van der Waals surface area (Å²) in [6, 6.07) is 4.62. The molecule has 0 spiro atoms. The summed E-state index contributed by atoms with van der Waals surface area (Å²) in [4.78, 5) is 12.1. The number of aliphatic hydroxyl groups is 1. The molecule has 0 saturated carbocycles. The van der Waals surface area contributed by atoms with E-state index in [4.69, 9.17) is 23.2 Å². The molecule has 0 aliphatic carbocycles. The van der Waals surface area contributed by atoms with Crippen LogP contribution in [0.4, 0.5) is 0 Å². The standard InChI is InChI=1S/C13H17Cl2NO2/c1-12(2,13(3,4)18)16-11(17)8-5-9(14)7-10(15)6-8/h5-7,18H,1-4H3,(H,16,17). The number of nitrogens with one attached hydrogen (secondary N) is 1. The van der Waals surface area contributed by atoms with Gasteiger partial charge in [0.15, 0.2) is 0 Å². The first-order valence-electron chi connectivity index (χ1n) is 5.54. The fourth-order valence-electron chi connectivity index (χ4n) is 1.19. The average molecular weight is 290 g/mol. The van der Waals surface area contributed by atoms with Gasteiger partial charge in [0.25, 0.3) is 5.91 Å². The fraction of sp³-hybridized carbons (Fsp3) is 0.462. The van der Waals surface area contributed by atoms with Gasteiger partial charge in [-0.3, -0.25) is 4.79 Å². The maximum Gasteiger partial charge on any atom is 0.251 e. The monoisotopic (exact) mass is 289 g/mol. The molecule has 1 amide bonds. The normalized spacial score (nSPS) is 12.4. The van der Waals surface area contributed by atoms with Crippen molar-refractivity contribution in [2.45, 2.75) is 38.8 Å². The molecule has 1 rings (SSSR count). The number of amides is 1. The van der Waals surface area contributed by atoms with Crippen LogP contribution in [0.15, 0.2) is 18.2 Å². The highest BCUT2D eigenvalue weighted by molar-refractivity contribution is 6.35. The summed E-state index contributed by atoms with van der Waals surface area (Å²) in [5.41, 5.74) is -1.46. The lowest BCUT2D eigenvalue weighted by Gasteiger charge is -2.38. The lowest BCUT2D eigenvalue weighted by molar-refractivity contribution is -0.00292. The van der Waals surface area contributed by atoms with Crippen molar-refractivity contribution < 1.29 is 9.90 Å². The van der Waals surface area contributed by atoms with E-state index in [-0.39, 0.29) is 5.91 Å². The number of rotatable bonds is 3. The van der Waals surface area contributed by atoms with E-state index in [2.05, 4.69) is 5.32 Å². The van der Waals surface area contributed by atoms with Crippen LogP contribution in [0.1, 0.15) is 38.1 Å². The van der Waals surface area contributed by atoms with Gasteiger partial charge in [-0.1, -0.05) is 23.2 Å². The van der Waals surface area contributed by atoms with Crippen LogP contribution in [0.2, 0.25) is 10.0 Å². The third-order valence-corrected chi connectivity index (χ3v) is 3.52. The Balaban J connectivity index is 2.96. The van der Waals surface area contributed by atoms with Crippen molar-refractivity contribution >= 4 is 29.1 Å². The predicted molar refractivity (Wildman–Crippen MR) is 74.3 cm³/mol. The van der Waals surface area contributed by atoms with Crippen LogP contribution < -0.4 is 5.32 Å². The third kappa shape index (κ3) is 3.61. The number of halogens is 2. The van der Waals surface area contributed by atoms with Crippen LogP contribution in [0.3, 0.4) is 0 Å². The zero-order valence-electron chi connectivity index (χ0n) is 10.8. The molecule has 0 fully saturated rings. The van der Waals surface area contributed by atoms with Gasteiger partial charge in [0.1, 0.15) is 0 Å². The summed E-state index contributed by atoms with van der Waals surface area (Å²) < 4.78 is 0. The summed E-state index contributed by atoms with van der Waals surface area (Å²) in [7, 11) is 0. The van der Waals surface area contributed by atoms with Crippen molar-refractivity contribution in [3.8, 4) is 0 Å². The Hall–Kier alpha value is -0.770. The zero-order chi connectivity index (χ0) is 14.1. The molecule has 5 heteroatoms. The van der Waals surface area contributed by atoms with Crippen molar-refractivity contribution in [1.29, 1.82) is 0 Å². The molecule has 0 aliphatic rings. The number of carbonyl (C=O) groups excluding carboxylic acids is 1. The number of benzene rings is 1. The Morgan fingerprint density at radius 2 is 1.56 bits per heavy atom. The Morgan fingerprint density at radius 1 is 1.11 bits per heavy atom. The smallest absolute Gasteiger partial charge is 0.251 e. The maximum absolute atomic E-state index is 12.1. The van der Waals surface area contributed by atoms with Gasteiger partial charge >= 0.3 is 0 Å². The molecule has 1 aromatic carbocycles. The van der Waals surface area contributed by atoms with Crippen molar-refractivity contribution in [3.63, 3.8) is 0 Å². The molecule has 2 N–H and O–H groups in total. The first-order chi connectivity index (χ1) is 8.03. The van der Waals surface area contributed by atoms with E-state index in [1.54, 1.807) is 33.8 Å². The molecule has 0 unspecified atom stereocenters. The Labute approximate surface area is 117 Å². The lowest BCUT2D eigenvalue weighted by atomic mass is 9.86. The van der Waals surface area contributed by atoms with Crippen LogP contribution in [0.5, 0.6) is 0 Å². The number of carbonyl (C=O) groups is 1. The molecule has 0 saturated heterocycles. The fourth-order valence-corrected chi connectivity index (χ4v) is 1.72. The maximum atomic E-state index is 12.1. The van der Waals surface area contributed by atoms with Crippen LogP contribution in [-0.2, 0) is 0 Å². The Morgan fingerprint density at radius 3 is 1.94 bits per heavy atom. The van der Waals surface area contributed by atoms with Crippen molar-refractivity contribution in [3.05, 3.63) is 33.8 Å². The summed E-state index contributed by atoms with van der Waals surface area (Å²) in [6.07, 6.45) is 0. The minimum absolute atomic E-state index is 0.327. The van der Waals surface area contributed by atoms with Crippen molar-refractivity contribution in [1.82, 2.24) is 5.32 Å². The molecular formula is C13H17Cl2NO2. The molecular weight excluding hydrogens is 273 g/mol. The molecule has 1 aromatic rings. The number of hydrogen-bond donors (Lipinski definition) is 2. The highest BCUT2D eigenvalue weighted by atomic mass is 35.5. The second kappa shape index (κ2) is 5.08. The summed E-state index contributed by atoms with van der Waals surface area (Å²) in [6.45, 7) is 6.77. The van der Waals surface area contributed by atoms with Gasteiger partial charge in [0.05, 0.1) is 11.1 Å². The zero-order valence-corrected chi connectivity index (χ0v) is 12.4. The van der Waals surface area contributed by atoms with Gasteiger partial charge in [-0.05, 0) is 45.9 Å². The van der Waals surface area contributed by atoms with E-state index in [1.807, 2.05) is 0 Å². The molecule has 0 radical (unpaired) electrons. The van der Waals surface area contributed by atoms with E-state index in [1.165, 1.54) is 12.1 Å². The van der Waals surface area contributed by atoms with E-state index < -0.39 is 11.1 Å². The van der Waals surface area contributed by atoms with E-state index in [0.717, 1.165) is 0 Å². The van der Waals surface area contributed by atoms with E-state index >= 15 is 0 Å². The van der Waals surface area contributed by atoms with Crippen LogP contribution in [-0.4, -0.2) is 22.2 Å². The van der Waals surface area contributed by atoms with E-state index in [0.29, 0.717) is 15.6 Å². The van der Waals surface area contributed by atoms with Gasteiger partial charge in [-0.2, -0.15) is 0 Å². The first kappa shape index (κ1) is 15.3. The topological polar surface area (TPSA) is 49.3 Å². The highest BCUT2D eigenvalue weighted by Gasteiger charge is 2.36. The van der Waals surface area contributed by atoms with Crippen LogP contribution in [0.25, 0.3) is 0 Å². The largest absolute Gasteiger partial charge is 0.388 e. The Bertz CT molecular complexity index is 444. The Kier molecular flexibility index (Phi) is 4.31. The van der Waals surface area contributed by atoms with Crippen molar-refractivity contribution in [2.75, 3.05) is 0 Å². The van der Waals surface area contributed by atoms with Crippen LogP contribution >= 0.6 is 23.2 Å². The van der Waals surface area contributed by atoms with Gasteiger partial charge in [-0.15, -0.1) is 0 Å². The lowest BCUT2D eigenvalue weighted by Crippen LogP contribution is -2.57. The molecule has 0 heterocycles. The summed E-state index contributed by atoms with van der Waals surface area (Å²) in [5.74, 6) is -0.327. The summed E-state index contributed by atoms with van der Waals surface area (Å²) >= 11 is 11.7. The van der Waals surface area contributed by atoms with E-state index in [9.17, 15) is 9.90 Å². The second-order valence-electron chi connectivity index (χ2n) is 5.30. The second-order valence-corrected chi connectivity index (χ2v) is 6.17. The van der Waals surface area contributed by atoms with Crippen molar-refractivity contribution in [2.24, 2.45) is 0 Å². The molecule has 0 atom stereocenters. The van der Waals surface area contributed by atoms with Gasteiger partial charge < -0.3 is 10.4 Å². The molecule has 0 bridgehead atoms. The predicted octanol–water partition coefficient (Wildman–Crippen LogP) is 3.27. The third-order valence-electron chi connectivity index (χ3n) is 3.08. The van der Waals surface area contributed by atoms with Gasteiger partial charge in [-0.25, -0.2) is 0 Å². The molecule has 3 nitrogen and oxygen atoms in total. The van der Waals surface area contributed by atoms with Gasteiger partial charge in [0, 0.05) is 15.6 Å². The molecule has 0 aromatic heterocycles. The average Bonchev–Trinajstić information content (AvgIpc) is 2.13. The molecule has 18 heavy (non-hydrogen) atoms. The first-order valence-corrected chi connectivity index (χ1v) is 6.29. The minimum Gasteiger partial charge on any atom is -0.388 e. The number of hydrogen-bond acceptors (Lipinski definition) is 2. The highest BCUT2D eigenvalue weighted by Crippen LogP contribution is 2.23. The molecule has 0 aliphatic heterocycles. The van der Waals surface area contributed by atoms with Gasteiger partial charge in [0.2, 0.25) is 0 Å². The SMILES string of the molecule is CC(C)(O)C(C)(C)NC(=O)c1cc(Cl)cc(Cl)c1. The quantitative estimate of drug-likeness (QED) is 0.897.